The van der Waals surface area contributed by atoms with Crippen molar-refractivity contribution in [2.24, 2.45) is 0 Å². The van der Waals surface area contributed by atoms with E-state index in [9.17, 15) is 5.11 Å². The first-order chi connectivity index (χ1) is 11.3. The largest absolute Gasteiger partial charge is 0.485 e. The molecule has 23 heavy (non-hydrogen) atoms. The summed E-state index contributed by atoms with van der Waals surface area (Å²) in [7, 11) is 0. The summed E-state index contributed by atoms with van der Waals surface area (Å²) in [6.45, 7) is 2.54. The second kappa shape index (κ2) is 7.44. The average molecular weight is 310 g/mol. The molecular weight excluding hydrogens is 288 g/mol. The van der Waals surface area contributed by atoms with Crippen LogP contribution in [0.4, 0.5) is 0 Å². The summed E-state index contributed by atoms with van der Waals surface area (Å²) in [5.41, 5.74) is 3.39. The van der Waals surface area contributed by atoms with Crippen LogP contribution in [0.3, 0.4) is 0 Å². The molecule has 0 fully saturated rings. The van der Waals surface area contributed by atoms with Gasteiger partial charge >= 0.3 is 0 Å². The van der Waals surface area contributed by atoms with Crippen LogP contribution in [0.2, 0.25) is 0 Å². The molecule has 3 rings (SSSR count). The zero-order chi connectivity index (χ0) is 16.1. The minimum absolute atomic E-state index is 0.0529. The van der Waals surface area contributed by atoms with Crippen LogP contribution in [0.1, 0.15) is 23.1 Å². The summed E-state index contributed by atoms with van der Waals surface area (Å²) in [5.74, 6) is 0.819. The topological polar surface area (TPSA) is 38.7 Å². The number of aliphatic hydroxyl groups is 1. The van der Waals surface area contributed by atoms with Crippen molar-refractivity contribution in [2.75, 3.05) is 6.61 Å². The second-order valence-electron chi connectivity index (χ2n) is 5.85. The zero-order valence-electron chi connectivity index (χ0n) is 13.3. The van der Waals surface area contributed by atoms with Crippen molar-refractivity contribution < 1.29 is 14.6 Å². The summed E-state index contributed by atoms with van der Waals surface area (Å²) < 4.78 is 11.9. The lowest BCUT2D eigenvalue weighted by Crippen LogP contribution is -2.36. The summed E-state index contributed by atoms with van der Waals surface area (Å²) in [4.78, 5) is 0. The van der Waals surface area contributed by atoms with Gasteiger partial charge in [-0.05, 0) is 25.0 Å². The van der Waals surface area contributed by atoms with Crippen molar-refractivity contribution in [1.82, 2.24) is 0 Å². The molecule has 0 amide bonds. The number of aliphatic hydroxyl groups excluding tert-OH is 1. The molecule has 3 nitrogen and oxygen atoms in total. The molecule has 0 saturated carbocycles. The standard InChI is InChI=1S/C20H22O3/c1-15-6-5-7-16(12-15)14-22-19-11-10-18(23-20(19)13-21)17-8-3-2-4-9-17/h2-10,12,19-21H,11,13-14H2,1H3/t19-,20+/m0/s1. The Balaban J connectivity index is 1.65. The van der Waals surface area contributed by atoms with E-state index >= 15 is 0 Å². The quantitative estimate of drug-likeness (QED) is 0.915. The molecule has 1 aliphatic rings. The maximum atomic E-state index is 9.64. The Kier molecular flexibility index (Phi) is 5.11. The average Bonchev–Trinajstić information content (AvgIpc) is 2.60. The van der Waals surface area contributed by atoms with Crippen molar-refractivity contribution in [3.63, 3.8) is 0 Å². The van der Waals surface area contributed by atoms with E-state index < -0.39 is 0 Å². The molecular formula is C20H22O3. The van der Waals surface area contributed by atoms with E-state index in [2.05, 4.69) is 25.1 Å². The van der Waals surface area contributed by atoms with Gasteiger partial charge < -0.3 is 14.6 Å². The zero-order valence-corrected chi connectivity index (χ0v) is 13.3. The van der Waals surface area contributed by atoms with Crippen LogP contribution in [-0.4, -0.2) is 23.9 Å². The lowest BCUT2D eigenvalue weighted by molar-refractivity contribution is -0.0692. The molecule has 0 bridgehead atoms. The molecule has 0 unspecified atom stereocenters. The van der Waals surface area contributed by atoms with Gasteiger partial charge in [0, 0.05) is 5.56 Å². The smallest absolute Gasteiger partial charge is 0.148 e. The Hall–Kier alpha value is -2.10. The highest BCUT2D eigenvalue weighted by Gasteiger charge is 2.28. The van der Waals surface area contributed by atoms with Crippen molar-refractivity contribution in [3.8, 4) is 0 Å². The normalized spacial score (nSPS) is 20.7. The fourth-order valence-electron chi connectivity index (χ4n) is 2.79. The van der Waals surface area contributed by atoms with Crippen LogP contribution in [0.25, 0.3) is 5.76 Å². The number of hydrogen-bond donors (Lipinski definition) is 1. The molecule has 120 valence electrons. The molecule has 3 heteroatoms. The lowest BCUT2D eigenvalue weighted by atomic mass is 10.0. The van der Waals surface area contributed by atoms with E-state index in [4.69, 9.17) is 9.47 Å². The van der Waals surface area contributed by atoms with Gasteiger partial charge in [0.15, 0.2) is 0 Å². The van der Waals surface area contributed by atoms with Crippen molar-refractivity contribution in [1.29, 1.82) is 0 Å². The number of benzene rings is 2. The van der Waals surface area contributed by atoms with Gasteiger partial charge in [0.1, 0.15) is 18.0 Å². The van der Waals surface area contributed by atoms with E-state index in [1.165, 1.54) is 5.56 Å². The Morgan fingerprint density at radius 2 is 1.96 bits per heavy atom. The van der Waals surface area contributed by atoms with Gasteiger partial charge in [-0.3, -0.25) is 0 Å². The molecule has 0 radical (unpaired) electrons. The molecule has 2 atom stereocenters. The maximum Gasteiger partial charge on any atom is 0.148 e. The van der Waals surface area contributed by atoms with Crippen molar-refractivity contribution in [3.05, 3.63) is 77.4 Å². The van der Waals surface area contributed by atoms with E-state index in [1.807, 2.05) is 42.5 Å². The van der Waals surface area contributed by atoms with Crippen LogP contribution in [0.5, 0.6) is 0 Å². The first-order valence-corrected chi connectivity index (χ1v) is 7.96. The summed E-state index contributed by atoms with van der Waals surface area (Å²) in [5, 5.41) is 9.64. The van der Waals surface area contributed by atoms with Gasteiger partial charge in [-0.1, -0.05) is 60.2 Å². The summed E-state index contributed by atoms with van der Waals surface area (Å²) in [6.07, 6.45) is 2.32. The van der Waals surface area contributed by atoms with Gasteiger partial charge in [0.05, 0.1) is 13.2 Å². The molecule has 1 N–H and O–H groups in total. The molecule has 1 heterocycles. The van der Waals surface area contributed by atoms with Crippen LogP contribution in [0.15, 0.2) is 60.7 Å². The minimum Gasteiger partial charge on any atom is -0.485 e. The van der Waals surface area contributed by atoms with Gasteiger partial charge in [0.25, 0.3) is 0 Å². The predicted molar refractivity (Wildman–Crippen MR) is 90.8 cm³/mol. The SMILES string of the molecule is Cc1cccc(CO[C@H]2CC=C(c3ccccc3)O[C@@H]2CO)c1. The van der Waals surface area contributed by atoms with E-state index in [-0.39, 0.29) is 18.8 Å². The van der Waals surface area contributed by atoms with Gasteiger partial charge in [-0.2, -0.15) is 0 Å². The monoisotopic (exact) mass is 310 g/mol. The van der Waals surface area contributed by atoms with Gasteiger partial charge in [-0.25, -0.2) is 0 Å². The molecule has 2 aromatic rings. The number of rotatable bonds is 5. The second-order valence-corrected chi connectivity index (χ2v) is 5.85. The Morgan fingerprint density at radius 3 is 2.70 bits per heavy atom. The molecule has 1 aliphatic heterocycles. The number of aryl methyl sites for hydroxylation is 1. The third kappa shape index (κ3) is 4.01. The van der Waals surface area contributed by atoms with Crippen LogP contribution in [0, 0.1) is 6.92 Å². The summed E-state index contributed by atoms with van der Waals surface area (Å²) >= 11 is 0. The van der Waals surface area contributed by atoms with Gasteiger partial charge in [0.2, 0.25) is 0 Å². The highest BCUT2D eigenvalue weighted by Crippen LogP contribution is 2.27. The number of ether oxygens (including phenoxy) is 2. The Morgan fingerprint density at radius 1 is 1.13 bits per heavy atom. The fourth-order valence-corrected chi connectivity index (χ4v) is 2.79. The minimum atomic E-state index is -0.333. The molecule has 0 aliphatic carbocycles. The van der Waals surface area contributed by atoms with Crippen LogP contribution in [-0.2, 0) is 16.1 Å². The Bertz CT molecular complexity index is 664. The van der Waals surface area contributed by atoms with E-state index in [0.717, 1.165) is 23.3 Å². The number of hydrogen-bond acceptors (Lipinski definition) is 3. The highest BCUT2D eigenvalue weighted by atomic mass is 16.6. The molecule has 0 saturated heterocycles. The fraction of sp³-hybridized carbons (Fsp3) is 0.300. The van der Waals surface area contributed by atoms with E-state index in [0.29, 0.717) is 6.61 Å². The predicted octanol–water partition coefficient (Wildman–Crippen LogP) is 3.70. The third-order valence-corrected chi connectivity index (χ3v) is 4.01. The lowest BCUT2D eigenvalue weighted by Gasteiger charge is -2.31. The van der Waals surface area contributed by atoms with Gasteiger partial charge in [-0.15, -0.1) is 0 Å². The maximum absolute atomic E-state index is 9.64. The molecule has 2 aromatic carbocycles. The van der Waals surface area contributed by atoms with Crippen molar-refractivity contribution >= 4 is 5.76 Å². The first-order valence-electron chi connectivity index (χ1n) is 7.96. The first kappa shape index (κ1) is 15.8. The summed E-state index contributed by atoms with van der Waals surface area (Å²) in [6, 6.07) is 18.2. The molecule has 0 aromatic heterocycles. The van der Waals surface area contributed by atoms with Crippen molar-refractivity contribution in [2.45, 2.75) is 32.2 Å². The van der Waals surface area contributed by atoms with E-state index in [1.54, 1.807) is 0 Å². The Labute approximate surface area is 137 Å². The molecule has 0 spiro atoms. The van der Waals surface area contributed by atoms with Crippen LogP contribution < -0.4 is 0 Å². The van der Waals surface area contributed by atoms with Crippen LogP contribution >= 0.6 is 0 Å². The third-order valence-electron chi connectivity index (χ3n) is 4.01. The highest BCUT2D eigenvalue weighted by molar-refractivity contribution is 5.60.